The summed E-state index contributed by atoms with van der Waals surface area (Å²) in [5.41, 5.74) is 6.92. The first kappa shape index (κ1) is 12.9. The smallest absolute Gasteiger partial charge is 0.258 e. The van der Waals surface area contributed by atoms with E-state index in [-0.39, 0.29) is 5.92 Å². The van der Waals surface area contributed by atoms with Gasteiger partial charge in [-0.25, -0.2) is 0 Å². The van der Waals surface area contributed by atoms with Gasteiger partial charge in [-0.05, 0) is 17.8 Å². The van der Waals surface area contributed by atoms with Crippen molar-refractivity contribution in [1.82, 2.24) is 4.90 Å². The van der Waals surface area contributed by atoms with Crippen molar-refractivity contribution < 1.29 is 4.74 Å². The first-order valence-electron chi connectivity index (χ1n) is 5.24. The van der Waals surface area contributed by atoms with Gasteiger partial charge < -0.3 is 15.4 Å². The van der Waals surface area contributed by atoms with Gasteiger partial charge in [0.2, 0.25) is 0 Å². The number of nitrogens with zero attached hydrogens (tertiary/aromatic N) is 1. The summed E-state index contributed by atoms with van der Waals surface area (Å²) >= 11 is 5.06. The Hall–Kier alpha value is -1.13. The fourth-order valence-electron chi connectivity index (χ4n) is 1.33. The van der Waals surface area contributed by atoms with E-state index in [4.69, 9.17) is 22.7 Å². The molecule has 0 heterocycles. The van der Waals surface area contributed by atoms with Crippen molar-refractivity contribution >= 4 is 17.4 Å². The Morgan fingerprint density at radius 2 is 2.00 bits per heavy atom. The second-order valence-electron chi connectivity index (χ2n) is 3.81. The molecule has 0 bridgehead atoms. The first-order valence-corrected chi connectivity index (χ1v) is 5.65. The summed E-state index contributed by atoms with van der Waals surface area (Å²) in [5, 5.41) is 0.495. The average molecular weight is 238 g/mol. The molecule has 4 heteroatoms. The van der Waals surface area contributed by atoms with E-state index in [1.54, 1.807) is 4.90 Å². The van der Waals surface area contributed by atoms with Gasteiger partial charge in [0.05, 0.1) is 6.61 Å². The Labute approximate surface area is 102 Å². The number of ether oxygens (including phenoxy) is 1. The lowest BCUT2D eigenvalue weighted by Gasteiger charge is -2.19. The van der Waals surface area contributed by atoms with Crippen LogP contribution in [0, 0.1) is 0 Å². The number of hydrogen-bond acceptors (Lipinski definition) is 3. The van der Waals surface area contributed by atoms with Crippen LogP contribution < -0.4 is 5.73 Å². The minimum Gasteiger partial charge on any atom is -0.470 e. The van der Waals surface area contributed by atoms with E-state index in [2.05, 4.69) is 12.1 Å². The van der Waals surface area contributed by atoms with Crippen LogP contribution >= 0.6 is 12.2 Å². The fourth-order valence-corrected chi connectivity index (χ4v) is 1.39. The SMILES string of the molecule is CN(C)C(=S)OCC(CN)c1ccccc1. The molecule has 1 unspecified atom stereocenters. The molecule has 0 amide bonds. The van der Waals surface area contributed by atoms with Gasteiger partial charge in [-0.1, -0.05) is 30.3 Å². The first-order chi connectivity index (χ1) is 7.65. The Balaban J connectivity index is 2.54. The molecule has 3 nitrogen and oxygen atoms in total. The monoisotopic (exact) mass is 238 g/mol. The summed E-state index contributed by atoms with van der Waals surface area (Å²) in [5.74, 6) is 0.194. The second-order valence-corrected chi connectivity index (χ2v) is 4.16. The lowest BCUT2D eigenvalue weighted by molar-refractivity contribution is 0.248. The summed E-state index contributed by atoms with van der Waals surface area (Å²) in [4.78, 5) is 1.77. The van der Waals surface area contributed by atoms with Crippen molar-refractivity contribution in [3.05, 3.63) is 35.9 Å². The van der Waals surface area contributed by atoms with Crippen molar-refractivity contribution in [2.45, 2.75) is 5.92 Å². The molecule has 0 spiro atoms. The van der Waals surface area contributed by atoms with E-state index in [1.807, 2.05) is 32.3 Å². The Bertz CT molecular complexity index is 327. The number of nitrogens with two attached hydrogens (primary N) is 1. The predicted molar refractivity (Wildman–Crippen MR) is 70.5 cm³/mol. The maximum Gasteiger partial charge on any atom is 0.258 e. The third-order valence-electron chi connectivity index (χ3n) is 2.33. The number of thiocarbonyl (C=S) groups is 1. The van der Waals surface area contributed by atoms with Gasteiger partial charge in [-0.3, -0.25) is 0 Å². The van der Waals surface area contributed by atoms with Gasteiger partial charge >= 0.3 is 0 Å². The molecule has 1 atom stereocenters. The summed E-state index contributed by atoms with van der Waals surface area (Å²) < 4.78 is 5.49. The van der Waals surface area contributed by atoms with Crippen LogP contribution in [0.4, 0.5) is 0 Å². The van der Waals surface area contributed by atoms with Crippen molar-refractivity contribution in [3.8, 4) is 0 Å². The van der Waals surface area contributed by atoms with Crippen LogP contribution in [0.3, 0.4) is 0 Å². The van der Waals surface area contributed by atoms with Crippen molar-refractivity contribution in [3.63, 3.8) is 0 Å². The maximum atomic E-state index is 5.73. The molecule has 0 saturated heterocycles. The molecule has 0 aliphatic rings. The largest absolute Gasteiger partial charge is 0.470 e. The van der Waals surface area contributed by atoms with Crippen LogP contribution in [0.2, 0.25) is 0 Å². The van der Waals surface area contributed by atoms with Crippen LogP contribution in [-0.2, 0) is 4.74 Å². The maximum absolute atomic E-state index is 5.73. The molecule has 0 aromatic heterocycles. The quantitative estimate of drug-likeness (QED) is 0.809. The van der Waals surface area contributed by atoms with E-state index in [9.17, 15) is 0 Å². The Kier molecular flexibility index (Phi) is 5.22. The zero-order valence-corrected chi connectivity index (χ0v) is 10.5. The molecule has 1 rings (SSSR count). The van der Waals surface area contributed by atoms with Crippen LogP contribution in [0.5, 0.6) is 0 Å². The molecule has 0 aliphatic carbocycles. The fraction of sp³-hybridized carbons (Fsp3) is 0.417. The van der Waals surface area contributed by atoms with Gasteiger partial charge in [-0.2, -0.15) is 0 Å². The standard InChI is InChI=1S/C12H18N2OS/c1-14(2)12(16)15-9-11(8-13)10-6-4-3-5-7-10/h3-7,11H,8-9,13H2,1-2H3. The molecule has 0 fully saturated rings. The zero-order chi connectivity index (χ0) is 12.0. The van der Waals surface area contributed by atoms with Gasteiger partial charge in [0, 0.05) is 26.6 Å². The van der Waals surface area contributed by atoms with E-state index in [0.717, 1.165) is 0 Å². The molecular formula is C12H18N2OS. The summed E-state index contributed by atoms with van der Waals surface area (Å²) in [6.07, 6.45) is 0. The molecule has 1 aromatic rings. The molecule has 0 radical (unpaired) electrons. The molecule has 2 N–H and O–H groups in total. The van der Waals surface area contributed by atoms with Gasteiger partial charge in [0.15, 0.2) is 0 Å². The van der Waals surface area contributed by atoms with E-state index < -0.39 is 0 Å². The average Bonchev–Trinajstić information content (AvgIpc) is 2.30. The summed E-state index contributed by atoms with van der Waals surface area (Å²) in [6, 6.07) is 10.1. The van der Waals surface area contributed by atoms with Crippen molar-refractivity contribution in [1.29, 1.82) is 0 Å². The highest BCUT2D eigenvalue weighted by molar-refractivity contribution is 7.80. The van der Waals surface area contributed by atoms with E-state index >= 15 is 0 Å². The Morgan fingerprint density at radius 3 is 2.50 bits per heavy atom. The number of hydrogen-bond donors (Lipinski definition) is 1. The third kappa shape index (κ3) is 3.79. The molecule has 0 aliphatic heterocycles. The summed E-state index contributed by atoms with van der Waals surface area (Å²) in [6.45, 7) is 1.08. The molecular weight excluding hydrogens is 220 g/mol. The summed E-state index contributed by atoms with van der Waals surface area (Å²) in [7, 11) is 3.73. The highest BCUT2D eigenvalue weighted by atomic mass is 32.1. The lowest BCUT2D eigenvalue weighted by Crippen LogP contribution is -2.26. The van der Waals surface area contributed by atoms with Gasteiger partial charge in [0.25, 0.3) is 5.17 Å². The molecule has 16 heavy (non-hydrogen) atoms. The van der Waals surface area contributed by atoms with E-state index in [1.165, 1.54) is 5.56 Å². The van der Waals surface area contributed by atoms with Crippen molar-refractivity contribution in [2.75, 3.05) is 27.2 Å². The second kappa shape index (κ2) is 6.45. The highest BCUT2D eigenvalue weighted by Gasteiger charge is 2.11. The van der Waals surface area contributed by atoms with Crippen molar-refractivity contribution in [2.24, 2.45) is 5.73 Å². The Morgan fingerprint density at radius 1 is 1.38 bits per heavy atom. The number of rotatable bonds is 4. The third-order valence-corrected chi connectivity index (χ3v) is 2.81. The van der Waals surface area contributed by atoms with Crippen LogP contribution in [-0.4, -0.2) is 37.3 Å². The van der Waals surface area contributed by atoms with Crippen LogP contribution in [0.15, 0.2) is 30.3 Å². The molecule has 0 saturated carbocycles. The topological polar surface area (TPSA) is 38.5 Å². The zero-order valence-electron chi connectivity index (χ0n) is 9.72. The number of benzene rings is 1. The molecule has 88 valence electrons. The van der Waals surface area contributed by atoms with E-state index in [0.29, 0.717) is 18.3 Å². The lowest BCUT2D eigenvalue weighted by atomic mass is 10.0. The predicted octanol–water partition coefficient (Wildman–Crippen LogP) is 1.59. The van der Waals surface area contributed by atoms with Gasteiger partial charge in [-0.15, -0.1) is 0 Å². The van der Waals surface area contributed by atoms with Gasteiger partial charge in [0.1, 0.15) is 0 Å². The minimum absolute atomic E-state index is 0.194. The minimum atomic E-state index is 0.194. The van der Waals surface area contributed by atoms with Crippen LogP contribution in [0.1, 0.15) is 11.5 Å². The van der Waals surface area contributed by atoms with Crippen LogP contribution in [0.25, 0.3) is 0 Å². The normalized spacial score (nSPS) is 11.9. The highest BCUT2D eigenvalue weighted by Crippen LogP contribution is 2.14. The molecule has 1 aromatic carbocycles.